The van der Waals surface area contributed by atoms with Crippen LogP contribution in [0, 0.1) is 0 Å². The van der Waals surface area contributed by atoms with Gasteiger partial charge in [0.15, 0.2) is 0 Å². The molecule has 3 aliphatic rings. The summed E-state index contributed by atoms with van der Waals surface area (Å²) in [6, 6.07) is 14.3. The van der Waals surface area contributed by atoms with Gasteiger partial charge < -0.3 is 20.3 Å². The van der Waals surface area contributed by atoms with Crippen LogP contribution in [-0.2, 0) is 20.6 Å². The predicted molar refractivity (Wildman–Crippen MR) is 202 cm³/mol. The van der Waals surface area contributed by atoms with E-state index in [0.29, 0.717) is 49.7 Å². The number of nitrogens with one attached hydrogen (secondary N) is 3. The molecule has 0 spiro atoms. The second-order valence-corrected chi connectivity index (χ2v) is 15.0. The molecule has 0 bridgehead atoms. The number of alkyl halides is 3. The number of amides is 4. The van der Waals surface area contributed by atoms with Crippen LogP contribution < -0.4 is 20.7 Å². The Labute approximate surface area is 321 Å². The lowest BCUT2D eigenvalue weighted by molar-refractivity contribution is -0.141. The van der Waals surface area contributed by atoms with Crippen molar-refractivity contribution >= 4 is 45.9 Å². The second-order valence-electron chi connectivity index (χ2n) is 15.0. The molecule has 1 atom stereocenters. The van der Waals surface area contributed by atoms with E-state index in [-0.39, 0.29) is 41.2 Å². The van der Waals surface area contributed by atoms with Crippen molar-refractivity contribution in [3.05, 3.63) is 77.7 Å². The number of fused-ring (bicyclic) bond motifs is 1. The van der Waals surface area contributed by atoms with Gasteiger partial charge in [0.25, 0.3) is 5.91 Å². The van der Waals surface area contributed by atoms with Crippen molar-refractivity contribution in [2.45, 2.75) is 82.7 Å². The van der Waals surface area contributed by atoms with Crippen molar-refractivity contribution in [3.8, 4) is 5.75 Å². The lowest BCUT2D eigenvalue weighted by Gasteiger charge is -2.36. The van der Waals surface area contributed by atoms with Gasteiger partial charge in [-0.25, -0.2) is 4.98 Å². The highest BCUT2D eigenvalue weighted by molar-refractivity contribution is 6.05. The first-order chi connectivity index (χ1) is 26.8. The molecule has 4 aromatic rings. The van der Waals surface area contributed by atoms with Crippen LogP contribution >= 0.6 is 0 Å². The van der Waals surface area contributed by atoms with E-state index in [4.69, 9.17) is 9.84 Å². The van der Waals surface area contributed by atoms with E-state index < -0.39 is 23.8 Å². The fourth-order valence-corrected chi connectivity index (χ4v) is 7.59. The predicted octanol–water partition coefficient (Wildman–Crippen LogP) is 5.75. The Hall–Kier alpha value is -5.51. The van der Waals surface area contributed by atoms with Crippen molar-refractivity contribution in [1.82, 2.24) is 29.9 Å². The number of hydrogen-bond donors (Lipinski definition) is 3. The number of pyridine rings is 1. The lowest BCUT2D eigenvalue weighted by atomic mass is 9.89. The molecule has 2 aromatic heterocycles. The zero-order valence-electron chi connectivity index (χ0n) is 31.3. The van der Waals surface area contributed by atoms with Gasteiger partial charge in [-0.2, -0.15) is 18.3 Å². The van der Waals surface area contributed by atoms with E-state index in [1.54, 1.807) is 12.1 Å². The minimum absolute atomic E-state index is 0.0506. The topological polar surface area (TPSA) is 151 Å². The number of halogens is 3. The molecule has 5 heterocycles. The fraction of sp³-hybridized carbons (Fsp3) is 0.450. The van der Waals surface area contributed by atoms with Gasteiger partial charge >= 0.3 is 6.18 Å². The number of benzene rings is 2. The smallest absolute Gasteiger partial charge is 0.433 e. The maximum Gasteiger partial charge on any atom is 0.433 e. The van der Waals surface area contributed by atoms with Crippen LogP contribution in [0.1, 0.15) is 86.1 Å². The van der Waals surface area contributed by atoms with Gasteiger partial charge in [0, 0.05) is 42.8 Å². The number of aromatic nitrogens is 3. The van der Waals surface area contributed by atoms with Crippen LogP contribution in [0.5, 0.6) is 5.75 Å². The molecular weight excluding hydrogens is 729 g/mol. The summed E-state index contributed by atoms with van der Waals surface area (Å²) in [5, 5.41) is 13.8. The summed E-state index contributed by atoms with van der Waals surface area (Å²) in [5.41, 5.74) is 1.47. The summed E-state index contributed by atoms with van der Waals surface area (Å²) in [6.07, 6.45) is 1.07. The van der Waals surface area contributed by atoms with Gasteiger partial charge in [0.2, 0.25) is 17.7 Å². The fourth-order valence-electron chi connectivity index (χ4n) is 7.59. The third kappa shape index (κ3) is 9.12. The highest BCUT2D eigenvalue weighted by Gasteiger charge is 2.33. The zero-order valence-corrected chi connectivity index (χ0v) is 31.3. The largest absolute Gasteiger partial charge is 0.489 e. The summed E-state index contributed by atoms with van der Waals surface area (Å²) in [5.74, 6) is -0.497. The molecular formula is C40H45F3N8O5. The van der Waals surface area contributed by atoms with Crippen LogP contribution in [-0.4, -0.2) is 93.1 Å². The molecule has 3 saturated heterocycles. The van der Waals surface area contributed by atoms with Gasteiger partial charge in [-0.05, 0) is 101 Å². The van der Waals surface area contributed by atoms with Crippen LogP contribution in [0.2, 0.25) is 0 Å². The molecule has 3 aliphatic heterocycles. The molecule has 3 fully saturated rings. The average molecular weight is 775 g/mol. The van der Waals surface area contributed by atoms with E-state index in [0.717, 1.165) is 62.0 Å². The number of nitrogens with zero attached hydrogens (tertiary/aromatic N) is 5. The average Bonchev–Trinajstić information content (AvgIpc) is 3.59. The highest BCUT2D eigenvalue weighted by Crippen LogP contribution is 2.34. The molecule has 13 nitrogen and oxygen atoms in total. The van der Waals surface area contributed by atoms with E-state index in [2.05, 4.69) is 38.0 Å². The Kier molecular flexibility index (Phi) is 11.3. The van der Waals surface area contributed by atoms with Crippen LogP contribution in [0.25, 0.3) is 10.9 Å². The number of rotatable bonds is 10. The monoisotopic (exact) mass is 774 g/mol. The summed E-state index contributed by atoms with van der Waals surface area (Å²) < 4.78 is 47.5. The SMILES string of the molecule is CC(C)Oc1cc2nn(C3CCN(C(=O)CN4CCC(c5ccc(NC6CCC(=O)NC6=O)cc5)CC4)CC3)cc2cc1NC(=O)c1cccc(C(F)(F)F)n1. The molecule has 4 amide bonds. The third-order valence-corrected chi connectivity index (χ3v) is 10.6. The zero-order chi connectivity index (χ0) is 39.6. The maximum absolute atomic E-state index is 13.4. The Morgan fingerprint density at radius 2 is 1.70 bits per heavy atom. The number of ether oxygens (including phenoxy) is 1. The Balaban J connectivity index is 0.907. The van der Waals surface area contributed by atoms with Crippen molar-refractivity contribution < 1.29 is 37.1 Å². The van der Waals surface area contributed by atoms with Gasteiger partial charge in [-0.1, -0.05) is 18.2 Å². The minimum Gasteiger partial charge on any atom is -0.489 e. The quantitative estimate of drug-likeness (QED) is 0.171. The van der Waals surface area contributed by atoms with Crippen molar-refractivity contribution in [1.29, 1.82) is 0 Å². The maximum atomic E-state index is 13.4. The van der Waals surface area contributed by atoms with Crippen molar-refractivity contribution in [2.75, 3.05) is 43.4 Å². The molecule has 56 heavy (non-hydrogen) atoms. The molecule has 0 aliphatic carbocycles. The van der Waals surface area contributed by atoms with Gasteiger partial charge in [0.05, 0.1) is 29.9 Å². The first-order valence-electron chi connectivity index (χ1n) is 19.0. The Morgan fingerprint density at radius 3 is 2.38 bits per heavy atom. The van der Waals surface area contributed by atoms with E-state index in [1.165, 1.54) is 11.6 Å². The van der Waals surface area contributed by atoms with Crippen LogP contribution in [0.3, 0.4) is 0 Å². The second kappa shape index (κ2) is 16.3. The lowest BCUT2D eigenvalue weighted by Crippen LogP contribution is -2.47. The Morgan fingerprint density at radius 1 is 0.964 bits per heavy atom. The number of likely N-dealkylation sites (tertiary alicyclic amines) is 2. The van der Waals surface area contributed by atoms with Crippen LogP contribution in [0.4, 0.5) is 24.5 Å². The van der Waals surface area contributed by atoms with E-state index >= 15 is 0 Å². The van der Waals surface area contributed by atoms with Crippen molar-refractivity contribution in [2.24, 2.45) is 0 Å². The number of carbonyl (C=O) groups is 4. The molecule has 16 heteroatoms. The molecule has 296 valence electrons. The standard InChI is InChI=1S/C40H45F3N8O5/c1-24(2)56-34-21-32-27(20-33(34)46-38(54)30-4-3-5-35(45-30)40(41,42)43)22-51(48-32)29-14-18-50(19-15-29)37(53)23-49-16-12-26(13-17-49)25-6-8-28(9-7-25)44-31-10-11-36(52)47-39(31)55/h3-9,20-22,24,26,29,31,44H,10-19,23H2,1-2H3,(H,46,54)(H,47,52,55). The molecule has 2 aromatic carbocycles. The number of piperidine rings is 3. The number of imide groups is 1. The van der Waals surface area contributed by atoms with Crippen molar-refractivity contribution in [3.63, 3.8) is 0 Å². The summed E-state index contributed by atoms with van der Waals surface area (Å²) >= 11 is 0. The minimum atomic E-state index is -4.68. The molecule has 0 saturated carbocycles. The molecule has 0 radical (unpaired) electrons. The van der Waals surface area contributed by atoms with Gasteiger partial charge in [-0.15, -0.1) is 0 Å². The number of anilines is 2. The first-order valence-corrected chi connectivity index (χ1v) is 19.0. The summed E-state index contributed by atoms with van der Waals surface area (Å²) in [7, 11) is 0. The summed E-state index contributed by atoms with van der Waals surface area (Å²) in [4.78, 5) is 57.5. The molecule has 3 N–H and O–H groups in total. The molecule has 1 unspecified atom stereocenters. The van der Waals surface area contributed by atoms with E-state index in [9.17, 15) is 32.3 Å². The molecule has 7 rings (SSSR count). The summed E-state index contributed by atoms with van der Waals surface area (Å²) in [6.45, 7) is 6.88. The highest BCUT2D eigenvalue weighted by atomic mass is 19.4. The normalized spacial score (nSPS) is 19.0. The van der Waals surface area contributed by atoms with Crippen LogP contribution in [0.15, 0.2) is 60.8 Å². The number of carbonyl (C=O) groups excluding carboxylic acids is 4. The number of hydrogen-bond acceptors (Lipinski definition) is 9. The van der Waals surface area contributed by atoms with E-state index in [1.807, 2.05) is 41.8 Å². The van der Waals surface area contributed by atoms with Gasteiger partial charge in [0.1, 0.15) is 23.2 Å². The first kappa shape index (κ1) is 38.8. The Bertz CT molecular complexity index is 2090. The third-order valence-electron chi connectivity index (χ3n) is 10.6. The van der Waals surface area contributed by atoms with Gasteiger partial charge in [-0.3, -0.25) is 34.1 Å².